The van der Waals surface area contributed by atoms with Crippen molar-refractivity contribution in [2.75, 3.05) is 13.2 Å². The van der Waals surface area contributed by atoms with Crippen LogP contribution >= 0.6 is 0 Å². The van der Waals surface area contributed by atoms with E-state index >= 15 is 0 Å². The van der Waals surface area contributed by atoms with Gasteiger partial charge in [0.15, 0.2) is 6.29 Å². The number of hydrogen-bond acceptors (Lipinski definition) is 8. The van der Waals surface area contributed by atoms with Crippen molar-refractivity contribution in [2.45, 2.75) is 294 Å². The number of carbonyl (C=O) groups excluding carboxylic acids is 1. The summed E-state index contributed by atoms with van der Waals surface area (Å²) < 4.78 is 11.3. The van der Waals surface area contributed by atoms with Gasteiger partial charge in [0.25, 0.3) is 0 Å². The fourth-order valence-electron chi connectivity index (χ4n) is 9.10. The van der Waals surface area contributed by atoms with Gasteiger partial charge in [-0.15, -0.1) is 0 Å². The highest BCUT2D eigenvalue weighted by Gasteiger charge is 2.44. The van der Waals surface area contributed by atoms with Crippen molar-refractivity contribution in [3.63, 3.8) is 0 Å². The Labute approximate surface area is 453 Å². The van der Waals surface area contributed by atoms with Gasteiger partial charge in [-0.2, -0.15) is 0 Å². The first-order valence-corrected chi connectivity index (χ1v) is 30.5. The molecule has 0 aliphatic carbocycles. The summed E-state index contributed by atoms with van der Waals surface area (Å²) in [4.78, 5) is 13.1. The van der Waals surface area contributed by atoms with Crippen LogP contribution in [0.3, 0.4) is 0 Å². The average molecular weight is 1040 g/mol. The van der Waals surface area contributed by atoms with Gasteiger partial charge in [-0.25, -0.2) is 0 Å². The molecule has 0 spiro atoms. The summed E-state index contributed by atoms with van der Waals surface area (Å²) in [6, 6.07) is -0.835. The molecule has 1 aliphatic rings. The van der Waals surface area contributed by atoms with Gasteiger partial charge in [-0.3, -0.25) is 4.79 Å². The van der Waals surface area contributed by atoms with Crippen LogP contribution in [0.5, 0.6) is 0 Å². The molecule has 1 heterocycles. The first-order valence-electron chi connectivity index (χ1n) is 30.5. The van der Waals surface area contributed by atoms with Gasteiger partial charge in [-0.05, 0) is 89.9 Å². The first kappa shape index (κ1) is 69.1. The second kappa shape index (κ2) is 53.5. The van der Waals surface area contributed by atoms with Crippen LogP contribution in [0.2, 0.25) is 0 Å². The number of nitrogens with one attached hydrogen (secondary N) is 1. The largest absolute Gasteiger partial charge is 0.394 e. The molecule has 426 valence electrons. The summed E-state index contributed by atoms with van der Waals surface area (Å²) in [6.07, 6.45) is 70.5. The summed E-state index contributed by atoms with van der Waals surface area (Å²) in [7, 11) is 0. The van der Waals surface area contributed by atoms with Crippen molar-refractivity contribution in [3.05, 3.63) is 97.2 Å². The van der Waals surface area contributed by atoms with Crippen LogP contribution in [0.15, 0.2) is 97.2 Å². The fourth-order valence-corrected chi connectivity index (χ4v) is 9.10. The minimum atomic E-state index is -1.58. The molecule has 1 fully saturated rings. The summed E-state index contributed by atoms with van der Waals surface area (Å²) in [6.45, 7) is 3.65. The van der Waals surface area contributed by atoms with Crippen LogP contribution in [0, 0.1) is 0 Å². The summed E-state index contributed by atoms with van der Waals surface area (Å²) in [5.41, 5.74) is 0. The van der Waals surface area contributed by atoms with Crippen molar-refractivity contribution >= 4 is 5.91 Å². The molecule has 7 atom stereocenters. The average Bonchev–Trinajstić information content (AvgIpc) is 3.40. The molecule has 1 aliphatic heterocycles. The van der Waals surface area contributed by atoms with E-state index in [0.29, 0.717) is 6.42 Å². The van der Waals surface area contributed by atoms with E-state index in [-0.39, 0.29) is 12.5 Å². The Morgan fingerprint density at radius 1 is 0.473 bits per heavy atom. The van der Waals surface area contributed by atoms with Gasteiger partial charge < -0.3 is 40.3 Å². The smallest absolute Gasteiger partial charge is 0.220 e. The van der Waals surface area contributed by atoms with Crippen LogP contribution in [0.4, 0.5) is 0 Å². The minimum Gasteiger partial charge on any atom is -0.394 e. The molecule has 0 aromatic rings. The lowest BCUT2D eigenvalue weighted by atomic mass is 9.99. The molecule has 0 saturated carbocycles. The van der Waals surface area contributed by atoms with Gasteiger partial charge >= 0.3 is 0 Å². The Kier molecular flexibility index (Phi) is 50.0. The number of carbonyl (C=O) groups is 1. The number of aliphatic hydroxyl groups excluding tert-OH is 5. The van der Waals surface area contributed by atoms with E-state index < -0.39 is 49.5 Å². The van der Waals surface area contributed by atoms with Gasteiger partial charge in [0.2, 0.25) is 5.91 Å². The number of aliphatic hydroxyl groups is 5. The topological polar surface area (TPSA) is 149 Å². The molecule has 74 heavy (non-hydrogen) atoms. The zero-order valence-electron chi connectivity index (χ0n) is 47.3. The number of unbranched alkanes of at least 4 members (excludes halogenated alkanes) is 27. The van der Waals surface area contributed by atoms with Crippen molar-refractivity contribution in [3.8, 4) is 0 Å². The second-order valence-electron chi connectivity index (χ2n) is 20.7. The Hall–Kier alpha value is -2.89. The van der Waals surface area contributed by atoms with E-state index in [1.807, 2.05) is 6.08 Å². The number of hydrogen-bond donors (Lipinski definition) is 6. The predicted molar refractivity (Wildman–Crippen MR) is 313 cm³/mol. The molecular weight excluding hydrogens is 923 g/mol. The number of allylic oxidation sites excluding steroid dienone is 15. The molecular formula is C65H113NO8. The van der Waals surface area contributed by atoms with Gasteiger partial charge in [-0.1, -0.05) is 252 Å². The minimum absolute atomic E-state index is 0.194. The third-order valence-electron chi connectivity index (χ3n) is 13.9. The van der Waals surface area contributed by atoms with Gasteiger partial charge in [0.1, 0.15) is 24.4 Å². The predicted octanol–water partition coefficient (Wildman–Crippen LogP) is 15.6. The molecule has 6 N–H and O–H groups in total. The molecule has 9 nitrogen and oxygen atoms in total. The zero-order valence-corrected chi connectivity index (χ0v) is 47.3. The highest BCUT2D eigenvalue weighted by atomic mass is 16.7. The molecule has 0 radical (unpaired) electrons. The molecule has 1 rings (SSSR count). The molecule has 1 saturated heterocycles. The van der Waals surface area contributed by atoms with Crippen LogP contribution in [0.1, 0.15) is 251 Å². The third kappa shape index (κ3) is 42.2. The normalized spacial score (nSPS) is 19.7. The summed E-state index contributed by atoms with van der Waals surface area (Å²) >= 11 is 0. The van der Waals surface area contributed by atoms with E-state index in [9.17, 15) is 30.3 Å². The molecule has 1 amide bonds. The Balaban J connectivity index is 2.23. The van der Waals surface area contributed by atoms with Crippen LogP contribution in [-0.4, -0.2) is 87.5 Å². The van der Waals surface area contributed by atoms with E-state index in [2.05, 4.69) is 104 Å². The lowest BCUT2D eigenvalue weighted by Crippen LogP contribution is -2.60. The van der Waals surface area contributed by atoms with Crippen molar-refractivity contribution in [2.24, 2.45) is 0 Å². The summed E-state index contributed by atoms with van der Waals surface area (Å²) in [5, 5.41) is 54.6. The van der Waals surface area contributed by atoms with E-state index in [4.69, 9.17) is 9.47 Å². The number of rotatable bonds is 51. The summed E-state index contributed by atoms with van der Waals surface area (Å²) in [5.74, 6) is -0.194. The highest BCUT2D eigenvalue weighted by Crippen LogP contribution is 2.23. The van der Waals surface area contributed by atoms with Crippen molar-refractivity contribution < 1.29 is 39.8 Å². The lowest BCUT2D eigenvalue weighted by molar-refractivity contribution is -0.302. The third-order valence-corrected chi connectivity index (χ3v) is 13.9. The quantitative estimate of drug-likeness (QED) is 0.0261. The van der Waals surface area contributed by atoms with Gasteiger partial charge in [0, 0.05) is 6.42 Å². The number of ether oxygens (including phenoxy) is 2. The standard InChI is InChI=1S/C65H113NO8/c1-3-5-7-9-11-13-15-17-19-21-23-25-27-28-29-30-31-32-33-35-37-39-41-43-45-47-49-51-53-55-61(69)66-58(57-73-65-64(72)63(71)62(70)60(56-67)74-65)59(68)54-52-50-48-46-44-42-40-38-36-34-26-24-22-20-18-16-14-12-10-8-6-4-2/h5,7,11,13,17,19,23,25,28-29,36,38,44,46,52,54,58-60,62-65,67-68,70-72H,3-4,6,8-10,12,14-16,18,20-22,24,26-27,30-35,37,39-43,45,47-51,53,55-57H2,1-2H3,(H,66,69)/b7-5-,13-11-,19-17-,25-23-,29-28-,38-36+,46-44+,54-52+. The van der Waals surface area contributed by atoms with E-state index in [1.54, 1.807) is 6.08 Å². The van der Waals surface area contributed by atoms with E-state index in [1.165, 1.54) is 154 Å². The fraction of sp³-hybridized carbons (Fsp3) is 0.738. The van der Waals surface area contributed by atoms with Crippen LogP contribution in [0.25, 0.3) is 0 Å². The SMILES string of the molecule is CC/C=C\C/C=C\C/C=C\C/C=C\C/C=C\CCCCCCCCCCCCCCCC(=O)NC(COC1OC(CO)C(O)C(O)C1O)C(O)/C=C/CC/C=C/CC/C=C/CCCCCCCCCCCCCC. The Bertz CT molecular complexity index is 1480. The Morgan fingerprint density at radius 3 is 1.30 bits per heavy atom. The maximum Gasteiger partial charge on any atom is 0.220 e. The van der Waals surface area contributed by atoms with E-state index in [0.717, 1.165) is 77.0 Å². The first-order chi connectivity index (χ1) is 36.3. The zero-order chi connectivity index (χ0) is 53.6. The molecule has 0 aromatic heterocycles. The Morgan fingerprint density at radius 2 is 0.851 bits per heavy atom. The second-order valence-corrected chi connectivity index (χ2v) is 20.7. The van der Waals surface area contributed by atoms with Crippen molar-refractivity contribution in [1.29, 1.82) is 0 Å². The van der Waals surface area contributed by atoms with Crippen LogP contribution < -0.4 is 5.32 Å². The maximum absolute atomic E-state index is 13.1. The monoisotopic (exact) mass is 1040 g/mol. The highest BCUT2D eigenvalue weighted by molar-refractivity contribution is 5.76. The molecule has 0 aromatic carbocycles. The van der Waals surface area contributed by atoms with Crippen LogP contribution in [-0.2, 0) is 14.3 Å². The maximum atomic E-state index is 13.1. The molecule has 0 bridgehead atoms. The lowest BCUT2D eigenvalue weighted by Gasteiger charge is -2.40. The van der Waals surface area contributed by atoms with Crippen molar-refractivity contribution in [1.82, 2.24) is 5.32 Å². The molecule has 9 heteroatoms. The van der Waals surface area contributed by atoms with Gasteiger partial charge in [0.05, 0.1) is 25.4 Å². The molecule has 7 unspecified atom stereocenters. The number of amides is 1.